The molecule has 46 heavy (non-hydrogen) atoms. The van der Waals surface area contributed by atoms with Crippen molar-refractivity contribution in [2.75, 3.05) is 0 Å². The number of hydrogen-bond acceptors (Lipinski definition) is 9. The first-order valence-corrected chi connectivity index (χ1v) is 14.3. The van der Waals surface area contributed by atoms with Gasteiger partial charge in [-0.2, -0.15) is 9.97 Å². The van der Waals surface area contributed by atoms with E-state index in [2.05, 4.69) is 20.3 Å². The largest absolute Gasteiger partial charge is 0.478 e. The smallest absolute Gasteiger partial charge is 0.336 e. The molecule has 0 amide bonds. The summed E-state index contributed by atoms with van der Waals surface area (Å²) in [5.41, 5.74) is 3.97. The Labute approximate surface area is 261 Å². The van der Waals surface area contributed by atoms with Crippen LogP contribution in [0.5, 0.6) is 11.5 Å². The Bertz CT molecular complexity index is 2300. The van der Waals surface area contributed by atoms with E-state index >= 15 is 0 Å². The number of carboxylic acids is 1. The zero-order valence-corrected chi connectivity index (χ0v) is 24.7. The number of pyridine rings is 1. The number of rotatable bonds is 8. The Kier molecular flexibility index (Phi) is 7.18. The Balaban J connectivity index is 1.27. The quantitative estimate of drug-likeness (QED) is 0.192. The van der Waals surface area contributed by atoms with E-state index in [-0.39, 0.29) is 12.1 Å². The van der Waals surface area contributed by atoms with Gasteiger partial charge >= 0.3 is 5.97 Å². The summed E-state index contributed by atoms with van der Waals surface area (Å²) in [5, 5.41) is 18.4. The van der Waals surface area contributed by atoms with Crippen LogP contribution < -0.4 is 10.3 Å². The highest BCUT2D eigenvalue weighted by atomic mass is 16.5. The van der Waals surface area contributed by atoms with Crippen LogP contribution in [0, 0.1) is 13.8 Å². The van der Waals surface area contributed by atoms with Gasteiger partial charge in [0, 0.05) is 36.4 Å². The topological polar surface area (TPSA) is 146 Å². The zero-order valence-electron chi connectivity index (χ0n) is 24.7. The number of para-hydroxylation sites is 1. The lowest BCUT2D eigenvalue weighted by atomic mass is 9.98. The summed E-state index contributed by atoms with van der Waals surface area (Å²) in [6.07, 6.45) is 0. The lowest BCUT2D eigenvalue weighted by molar-refractivity contribution is 0.0698. The Morgan fingerprint density at radius 1 is 0.783 bits per heavy atom. The van der Waals surface area contributed by atoms with Crippen LogP contribution in [0.15, 0.2) is 111 Å². The van der Waals surface area contributed by atoms with Crippen LogP contribution in [0.4, 0.5) is 0 Å². The zero-order chi connectivity index (χ0) is 31.8. The Hall–Kier alpha value is -6.36. The molecule has 7 aromatic rings. The van der Waals surface area contributed by atoms with Gasteiger partial charge in [0.1, 0.15) is 5.75 Å². The van der Waals surface area contributed by atoms with Crippen molar-refractivity contribution in [1.82, 2.24) is 24.8 Å². The molecule has 0 saturated heterocycles. The van der Waals surface area contributed by atoms with E-state index in [1.54, 1.807) is 50.2 Å². The summed E-state index contributed by atoms with van der Waals surface area (Å²) in [5.74, 6) is 1.38. The average Bonchev–Trinajstić information content (AvgIpc) is 3.70. The van der Waals surface area contributed by atoms with Crippen molar-refractivity contribution in [3.8, 4) is 45.4 Å². The summed E-state index contributed by atoms with van der Waals surface area (Å²) >= 11 is 0. The molecule has 0 aliphatic heterocycles. The van der Waals surface area contributed by atoms with Gasteiger partial charge in [-0.1, -0.05) is 83.1 Å². The number of aromatic nitrogens is 5. The van der Waals surface area contributed by atoms with Gasteiger partial charge < -0.3 is 23.5 Å². The van der Waals surface area contributed by atoms with Gasteiger partial charge in [-0.05, 0) is 34.9 Å². The maximum Gasteiger partial charge on any atom is 0.336 e. The molecule has 0 atom stereocenters. The number of ether oxygens (including phenoxy) is 1. The van der Waals surface area contributed by atoms with Gasteiger partial charge in [0.2, 0.25) is 23.4 Å². The second-order valence-corrected chi connectivity index (χ2v) is 10.6. The predicted molar refractivity (Wildman–Crippen MR) is 169 cm³/mol. The molecule has 3 heterocycles. The molecule has 0 spiro atoms. The monoisotopic (exact) mass is 611 g/mol. The standard InChI is InChI=1S/C35H25N5O6/c1-20-36-33(38-45-20)24-7-5-8-25(17-24)44-30-12-6-11-27-29(35(42)43)18-31(41)40(32(27)30)19-22-13-15-23(16-14-22)26-9-3-4-10-28(26)34-37-21(2)46-39-34/h3-18H,19H2,1-2H3,(H,42,43). The van der Waals surface area contributed by atoms with Crippen molar-refractivity contribution in [3.63, 3.8) is 0 Å². The third-order valence-corrected chi connectivity index (χ3v) is 7.47. The molecule has 0 radical (unpaired) electrons. The first-order chi connectivity index (χ1) is 22.3. The van der Waals surface area contributed by atoms with E-state index in [4.69, 9.17) is 13.8 Å². The molecule has 4 aromatic carbocycles. The number of carboxylic acid groups (broad SMARTS) is 1. The van der Waals surface area contributed by atoms with Crippen LogP contribution in [-0.4, -0.2) is 35.9 Å². The molecule has 11 nitrogen and oxygen atoms in total. The van der Waals surface area contributed by atoms with Crippen LogP contribution in [0.2, 0.25) is 0 Å². The fraction of sp³-hybridized carbons (Fsp3) is 0.0857. The second kappa shape index (κ2) is 11.6. The first-order valence-electron chi connectivity index (χ1n) is 14.3. The molecule has 1 N–H and O–H groups in total. The number of aromatic carboxylic acids is 1. The van der Waals surface area contributed by atoms with Crippen molar-refractivity contribution in [1.29, 1.82) is 0 Å². The summed E-state index contributed by atoms with van der Waals surface area (Å²) in [4.78, 5) is 34.3. The highest BCUT2D eigenvalue weighted by Crippen LogP contribution is 2.34. The first kappa shape index (κ1) is 28.4. The molecule has 226 valence electrons. The van der Waals surface area contributed by atoms with Gasteiger partial charge in [0.25, 0.3) is 5.56 Å². The molecule has 7 rings (SSSR count). The fourth-order valence-electron chi connectivity index (χ4n) is 5.38. The molecule has 0 aliphatic carbocycles. The minimum atomic E-state index is -1.21. The van der Waals surface area contributed by atoms with Crippen LogP contribution in [-0.2, 0) is 6.54 Å². The number of carbonyl (C=O) groups is 1. The molecule has 0 aliphatic rings. The van der Waals surface area contributed by atoms with E-state index in [1.807, 2.05) is 54.6 Å². The fourth-order valence-corrected chi connectivity index (χ4v) is 5.38. The Morgan fingerprint density at radius 3 is 2.17 bits per heavy atom. The average molecular weight is 612 g/mol. The van der Waals surface area contributed by atoms with Crippen LogP contribution in [0.1, 0.15) is 27.7 Å². The van der Waals surface area contributed by atoms with Crippen molar-refractivity contribution in [2.24, 2.45) is 0 Å². The van der Waals surface area contributed by atoms with E-state index in [0.29, 0.717) is 51.4 Å². The summed E-state index contributed by atoms with van der Waals surface area (Å²) in [6.45, 7) is 3.62. The van der Waals surface area contributed by atoms with E-state index < -0.39 is 11.5 Å². The molecular weight excluding hydrogens is 586 g/mol. The SMILES string of the molecule is Cc1nc(-c2cccc(Oc3cccc4c(C(=O)O)cc(=O)n(Cc5ccc(-c6ccccc6-c6noc(C)n6)cc5)c34)c2)no1. The number of nitrogens with zero attached hydrogens (tertiary/aromatic N) is 5. The molecular formula is C35H25N5O6. The molecule has 0 bridgehead atoms. The maximum absolute atomic E-state index is 13.5. The van der Waals surface area contributed by atoms with Gasteiger partial charge in [-0.15, -0.1) is 0 Å². The number of aryl methyl sites for hydroxylation is 2. The predicted octanol–water partition coefficient (Wildman–Crippen LogP) is 6.92. The molecule has 11 heteroatoms. The van der Waals surface area contributed by atoms with Gasteiger partial charge in [0.05, 0.1) is 17.6 Å². The minimum absolute atomic E-state index is 0.110. The van der Waals surface area contributed by atoms with Crippen LogP contribution in [0.25, 0.3) is 44.8 Å². The lowest BCUT2D eigenvalue weighted by Gasteiger charge is -2.17. The molecule has 0 fully saturated rings. The van der Waals surface area contributed by atoms with Gasteiger partial charge in [-0.3, -0.25) is 4.79 Å². The normalized spacial score (nSPS) is 11.2. The van der Waals surface area contributed by atoms with Crippen LogP contribution >= 0.6 is 0 Å². The lowest BCUT2D eigenvalue weighted by Crippen LogP contribution is -2.23. The third kappa shape index (κ3) is 5.41. The summed E-state index contributed by atoms with van der Waals surface area (Å²) in [7, 11) is 0. The van der Waals surface area contributed by atoms with Crippen LogP contribution in [0.3, 0.4) is 0 Å². The number of benzene rings is 4. The highest BCUT2D eigenvalue weighted by molar-refractivity contribution is 6.04. The Morgan fingerprint density at radius 2 is 1.48 bits per heavy atom. The highest BCUT2D eigenvalue weighted by Gasteiger charge is 2.19. The van der Waals surface area contributed by atoms with Crippen molar-refractivity contribution < 1.29 is 23.7 Å². The van der Waals surface area contributed by atoms with Crippen molar-refractivity contribution >= 4 is 16.9 Å². The molecule has 0 unspecified atom stereocenters. The van der Waals surface area contributed by atoms with Crippen molar-refractivity contribution in [2.45, 2.75) is 20.4 Å². The van der Waals surface area contributed by atoms with Gasteiger partial charge in [-0.25, -0.2) is 4.79 Å². The number of fused-ring (bicyclic) bond motifs is 1. The molecule has 3 aromatic heterocycles. The minimum Gasteiger partial charge on any atom is -0.478 e. The second-order valence-electron chi connectivity index (χ2n) is 10.6. The van der Waals surface area contributed by atoms with E-state index in [9.17, 15) is 14.7 Å². The summed E-state index contributed by atoms with van der Waals surface area (Å²) < 4.78 is 18.1. The van der Waals surface area contributed by atoms with Crippen molar-refractivity contribution in [3.05, 3.63) is 130 Å². The number of hydrogen-bond donors (Lipinski definition) is 1. The maximum atomic E-state index is 13.5. The molecule has 0 saturated carbocycles. The van der Waals surface area contributed by atoms with Gasteiger partial charge in [0.15, 0.2) is 5.75 Å². The van der Waals surface area contributed by atoms with E-state index in [1.165, 1.54) is 4.57 Å². The summed E-state index contributed by atoms with van der Waals surface area (Å²) in [6, 6.07) is 28.9. The third-order valence-electron chi connectivity index (χ3n) is 7.47. The van der Waals surface area contributed by atoms with E-state index in [0.717, 1.165) is 28.3 Å².